The molecule has 3 rings (SSSR count). The maximum absolute atomic E-state index is 13.8. The van der Waals surface area contributed by atoms with Crippen LogP contribution >= 0.6 is 0 Å². The first-order chi connectivity index (χ1) is 17.2. The number of alkyl halides is 3. The molecule has 1 aliphatic carbocycles. The SMILES string of the molecule is CCc1cc(C(C)=NOCc2ccc(C3CCCCC3)c(C(F)(F)F)c2)ccc1CNCCC(=O)O. The molecular weight excluding hydrogens is 469 g/mol. The van der Waals surface area contributed by atoms with E-state index in [2.05, 4.69) is 10.5 Å². The quantitative estimate of drug-likeness (QED) is 0.200. The average molecular weight is 505 g/mol. The Morgan fingerprint density at radius 2 is 1.86 bits per heavy atom. The Bertz CT molecular complexity index is 1060. The van der Waals surface area contributed by atoms with Crippen LogP contribution in [0.1, 0.15) is 91.7 Å². The van der Waals surface area contributed by atoms with Crippen molar-refractivity contribution in [3.8, 4) is 0 Å². The lowest BCUT2D eigenvalue weighted by atomic mass is 9.81. The molecule has 0 heterocycles. The minimum Gasteiger partial charge on any atom is -0.481 e. The van der Waals surface area contributed by atoms with Crippen molar-refractivity contribution >= 4 is 11.7 Å². The van der Waals surface area contributed by atoms with Crippen LogP contribution in [0, 0.1) is 0 Å². The highest BCUT2D eigenvalue weighted by molar-refractivity contribution is 5.98. The number of nitrogens with one attached hydrogen (secondary N) is 1. The van der Waals surface area contributed by atoms with Crippen molar-refractivity contribution in [3.05, 3.63) is 69.8 Å². The van der Waals surface area contributed by atoms with Crippen LogP contribution in [0.15, 0.2) is 41.6 Å². The lowest BCUT2D eigenvalue weighted by molar-refractivity contribution is -0.139. The van der Waals surface area contributed by atoms with Crippen molar-refractivity contribution in [1.29, 1.82) is 0 Å². The molecule has 0 atom stereocenters. The third-order valence-corrected chi connectivity index (χ3v) is 6.74. The molecule has 0 aliphatic heterocycles. The first-order valence-electron chi connectivity index (χ1n) is 12.6. The summed E-state index contributed by atoms with van der Waals surface area (Å²) in [6, 6.07) is 10.4. The van der Waals surface area contributed by atoms with Gasteiger partial charge in [-0.1, -0.05) is 55.6 Å². The lowest BCUT2D eigenvalue weighted by Gasteiger charge is -2.25. The van der Waals surface area contributed by atoms with Crippen molar-refractivity contribution < 1.29 is 27.9 Å². The highest BCUT2D eigenvalue weighted by Gasteiger charge is 2.35. The molecule has 2 N–H and O–H groups in total. The topological polar surface area (TPSA) is 70.9 Å². The summed E-state index contributed by atoms with van der Waals surface area (Å²) in [4.78, 5) is 16.1. The lowest BCUT2D eigenvalue weighted by Crippen LogP contribution is -2.18. The summed E-state index contributed by atoms with van der Waals surface area (Å²) in [5.74, 6) is -0.871. The molecule has 0 spiro atoms. The number of nitrogens with zero attached hydrogens (tertiary/aromatic N) is 1. The number of benzene rings is 2. The predicted octanol–water partition coefficient (Wildman–Crippen LogP) is 6.82. The average Bonchev–Trinajstić information content (AvgIpc) is 2.86. The maximum Gasteiger partial charge on any atom is 0.416 e. The second-order valence-electron chi connectivity index (χ2n) is 9.36. The number of aryl methyl sites for hydroxylation is 1. The van der Waals surface area contributed by atoms with E-state index in [1.165, 1.54) is 6.07 Å². The molecule has 8 heteroatoms. The van der Waals surface area contributed by atoms with E-state index in [9.17, 15) is 18.0 Å². The van der Waals surface area contributed by atoms with E-state index in [1.807, 2.05) is 25.1 Å². The number of hydrogen-bond donors (Lipinski definition) is 2. The van der Waals surface area contributed by atoms with Gasteiger partial charge < -0.3 is 15.3 Å². The Morgan fingerprint density at radius 3 is 2.53 bits per heavy atom. The van der Waals surface area contributed by atoms with Gasteiger partial charge in [-0.15, -0.1) is 0 Å². The fourth-order valence-electron chi connectivity index (χ4n) is 4.74. The van der Waals surface area contributed by atoms with Crippen molar-refractivity contribution in [3.63, 3.8) is 0 Å². The molecule has 2 aromatic rings. The largest absolute Gasteiger partial charge is 0.481 e. The van der Waals surface area contributed by atoms with Gasteiger partial charge in [-0.3, -0.25) is 4.79 Å². The zero-order chi connectivity index (χ0) is 26.1. The molecule has 2 aromatic carbocycles. The second-order valence-corrected chi connectivity index (χ2v) is 9.36. The molecule has 0 bridgehead atoms. The summed E-state index contributed by atoms with van der Waals surface area (Å²) in [6.07, 6.45) is 1.11. The molecule has 0 amide bonds. The van der Waals surface area contributed by atoms with Crippen molar-refractivity contribution in [2.24, 2.45) is 5.16 Å². The highest BCUT2D eigenvalue weighted by atomic mass is 19.4. The third-order valence-electron chi connectivity index (χ3n) is 6.74. The molecule has 36 heavy (non-hydrogen) atoms. The van der Waals surface area contributed by atoms with Gasteiger partial charge in [-0.25, -0.2) is 0 Å². The molecule has 0 aromatic heterocycles. The number of hydrogen-bond acceptors (Lipinski definition) is 4. The van der Waals surface area contributed by atoms with E-state index >= 15 is 0 Å². The standard InChI is InChI=1S/C28H35F3N2O3/c1-3-21-16-23(10-11-24(21)17-32-14-13-27(34)35)19(2)33-36-18-20-9-12-25(22-7-5-4-6-8-22)26(15-20)28(29,30)31/h9-12,15-16,22,32H,3-8,13-14,17-18H2,1-2H3,(H,34,35). The van der Waals surface area contributed by atoms with Crippen molar-refractivity contribution in [2.45, 2.75) is 84.0 Å². The van der Waals surface area contributed by atoms with Crippen LogP contribution in [0.5, 0.6) is 0 Å². The Hall–Kier alpha value is -2.87. The van der Waals surface area contributed by atoms with Crippen LogP contribution in [-0.4, -0.2) is 23.3 Å². The summed E-state index contributed by atoms with van der Waals surface area (Å²) in [5.41, 5.74) is 3.97. The van der Waals surface area contributed by atoms with Gasteiger partial charge in [0.05, 0.1) is 17.7 Å². The number of halogens is 3. The van der Waals surface area contributed by atoms with Gasteiger partial charge in [0.15, 0.2) is 0 Å². The molecule has 1 saturated carbocycles. The highest BCUT2D eigenvalue weighted by Crippen LogP contribution is 2.41. The molecule has 0 radical (unpaired) electrons. The number of rotatable bonds is 11. The van der Waals surface area contributed by atoms with Crippen LogP contribution in [-0.2, 0) is 35.4 Å². The molecule has 0 unspecified atom stereocenters. The first kappa shape index (κ1) is 27.7. The molecule has 1 fully saturated rings. The first-order valence-corrected chi connectivity index (χ1v) is 12.6. The maximum atomic E-state index is 13.8. The molecule has 196 valence electrons. The Labute approximate surface area is 210 Å². The monoisotopic (exact) mass is 504 g/mol. The fourth-order valence-corrected chi connectivity index (χ4v) is 4.74. The smallest absolute Gasteiger partial charge is 0.416 e. The van der Waals surface area contributed by atoms with Gasteiger partial charge in [0.2, 0.25) is 0 Å². The van der Waals surface area contributed by atoms with Gasteiger partial charge in [0.25, 0.3) is 0 Å². The number of carboxylic acids is 1. The van der Waals surface area contributed by atoms with Gasteiger partial charge in [0.1, 0.15) is 6.61 Å². The summed E-state index contributed by atoms with van der Waals surface area (Å²) in [5, 5.41) is 16.0. The summed E-state index contributed by atoms with van der Waals surface area (Å²) in [6.45, 7) is 4.76. The number of oxime groups is 1. The number of aliphatic carboxylic acids is 1. The van der Waals surface area contributed by atoms with Gasteiger partial charge in [-0.2, -0.15) is 13.2 Å². The normalized spacial score (nSPS) is 15.2. The van der Waals surface area contributed by atoms with Crippen LogP contribution in [0.25, 0.3) is 0 Å². The molecule has 1 aliphatic rings. The number of carbonyl (C=O) groups is 1. The van der Waals surface area contributed by atoms with E-state index in [1.54, 1.807) is 19.1 Å². The molecule has 5 nitrogen and oxygen atoms in total. The van der Waals surface area contributed by atoms with E-state index in [0.29, 0.717) is 29.9 Å². The minimum absolute atomic E-state index is 0.0336. The Kier molecular flexibility index (Phi) is 9.93. The zero-order valence-electron chi connectivity index (χ0n) is 21.0. The fraction of sp³-hybridized carbons (Fsp3) is 0.500. The van der Waals surface area contributed by atoms with E-state index in [4.69, 9.17) is 9.94 Å². The zero-order valence-corrected chi connectivity index (χ0v) is 21.0. The van der Waals surface area contributed by atoms with Gasteiger partial charge >= 0.3 is 12.1 Å². The molecular formula is C28H35F3N2O3. The number of carboxylic acid groups (broad SMARTS) is 1. The summed E-state index contributed by atoms with van der Waals surface area (Å²) in [7, 11) is 0. The van der Waals surface area contributed by atoms with Crippen molar-refractivity contribution in [2.75, 3.05) is 6.54 Å². The van der Waals surface area contributed by atoms with E-state index in [0.717, 1.165) is 55.2 Å². The van der Waals surface area contributed by atoms with Crippen LogP contribution in [0.3, 0.4) is 0 Å². The third kappa shape index (κ3) is 7.82. The second kappa shape index (κ2) is 12.9. The van der Waals surface area contributed by atoms with Gasteiger partial charge in [-0.05, 0) is 72.1 Å². The van der Waals surface area contributed by atoms with Crippen LogP contribution in [0.2, 0.25) is 0 Å². The Balaban J connectivity index is 1.66. The van der Waals surface area contributed by atoms with Crippen LogP contribution < -0.4 is 5.32 Å². The minimum atomic E-state index is -4.40. The van der Waals surface area contributed by atoms with Gasteiger partial charge in [0, 0.05) is 13.1 Å². The van der Waals surface area contributed by atoms with Crippen LogP contribution in [0.4, 0.5) is 13.2 Å². The Morgan fingerprint density at radius 1 is 1.11 bits per heavy atom. The summed E-state index contributed by atoms with van der Waals surface area (Å²) < 4.78 is 41.4. The predicted molar refractivity (Wildman–Crippen MR) is 134 cm³/mol. The van der Waals surface area contributed by atoms with E-state index in [-0.39, 0.29) is 18.9 Å². The van der Waals surface area contributed by atoms with E-state index < -0.39 is 17.7 Å². The molecule has 0 saturated heterocycles. The summed E-state index contributed by atoms with van der Waals surface area (Å²) >= 11 is 0. The van der Waals surface area contributed by atoms with Crippen molar-refractivity contribution in [1.82, 2.24) is 5.32 Å².